The maximum absolute atomic E-state index is 12.8. The molecule has 1 aromatic heterocycles. The van der Waals surface area contributed by atoms with Crippen LogP contribution in [0.3, 0.4) is 0 Å². The summed E-state index contributed by atoms with van der Waals surface area (Å²) in [6.07, 6.45) is -2.22. The Bertz CT molecular complexity index is 1080. The predicted molar refractivity (Wildman–Crippen MR) is 108 cm³/mol. The van der Waals surface area contributed by atoms with Gasteiger partial charge in [0, 0.05) is 36.2 Å². The molecule has 1 aliphatic heterocycles. The van der Waals surface area contributed by atoms with E-state index in [2.05, 4.69) is 10.3 Å². The Balaban J connectivity index is 1.52. The molecule has 0 saturated heterocycles. The summed E-state index contributed by atoms with van der Waals surface area (Å²) in [5, 5.41) is 3.20. The molecule has 0 atom stereocenters. The summed E-state index contributed by atoms with van der Waals surface area (Å²) in [6.45, 7) is 0.971. The fraction of sp³-hybridized carbons (Fsp3) is 0.182. The molecule has 0 aliphatic carbocycles. The lowest BCUT2D eigenvalue weighted by atomic mass is 9.97. The third-order valence-electron chi connectivity index (χ3n) is 5.07. The predicted octanol–water partition coefficient (Wildman–Crippen LogP) is 4.62. The van der Waals surface area contributed by atoms with Crippen molar-refractivity contribution in [2.24, 2.45) is 0 Å². The molecular formula is C22H19F3N4O. The number of aromatic nitrogens is 1. The van der Waals surface area contributed by atoms with Crippen molar-refractivity contribution in [3.05, 3.63) is 83.0 Å². The third-order valence-corrected chi connectivity index (χ3v) is 5.07. The standard InChI is InChI=1S/C22H19F3N4O/c23-22(24,25)16-4-6-17(7-5-16)28-19-3-1-2-15-13-29(11-9-18(15)19)21(30)14-8-10-27-20(26)12-14/h1-8,10,12,28H,9,11,13H2,(H2,26,27). The van der Waals surface area contributed by atoms with Gasteiger partial charge in [-0.15, -0.1) is 0 Å². The second-order valence-electron chi connectivity index (χ2n) is 7.09. The minimum absolute atomic E-state index is 0.115. The van der Waals surface area contributed by atoms with Crippen LogP contribution in [0.1, 0.15) is 27.0 Å². The number of nitrogen functional groups attached to an aromatic ring is 1. The van der Waals surface area contributed by atoms with Gasteiger partial charge in [0.05, 0.1) is 5.56 Å². The second kappa shape index (κ2) is 7.70. The average molecular weight is 412 g/mol. The molecule has 0 spiro atoms. The third kappa shape index (κ3) is 4.07. The molecule has 0 radical (unpaired) electrons. The summed E-state index contributed by atoms with van der Waals surface area (Å²) in [5.74, 6) is 0.178. The normalized spacial score (nSPS) is 13.6. The highest BCUT2D eigenvalue weighted by Gasteiger charge is 2.30. The first-order valence-electron chi connectivity index (χ1n) is 9.37. The maximum Gasteiger partial charge on any atom is 0.416 e. The van der Waals surface area contributed by atoms with E-state index in [1.165, 1.54) is 18.3 Å². The summed E-state index contributed by atoms with van der Waals surface area (Å²) >= 11 is 0. The molecule has 0 saturated carbocycles. The number of fused-ring (bicyclic) bond motifs is 1. The van der Waals surface area contributed by atoms with Crippen LogP contribution in [0.25, 0.3) is 0 Å². The number of rotatable bonds is 3. The summed E-state index contributed by atoms with van der Waals surface area (Å²) < 4.78 is 38.3. The summed E-state index contributed by atoms with van der Waals surface area (Å²) in [5.41, 5.74) is 8.92. The number of carbonyl (C=O) groups is 1. The zero-order chi connectivity index (χ0) is 21.3. The molecule has 0 unspecified atom stereocenters. The lowest BCUT2D eigenvalue weighted by Crippen LogP contribution is -2.36. The lowest BCUT2D eigenvalue weighted by Gasteiger charge is -2.30. The van der Waals surface area contributed by atoms with E-state index in [0.29, 0.717) is 36.6 Å². The van der Waals surface area contributed by atoms with Gasteiger partial charge in [0.15, 0.2) is 0 Å². The van der Waals surface area contributed by atoms with Crippen LogP contribution in [0.2, 0.25) is 0 Å². The van der Waals surface area contributed by atoms with E-state index in [1.54, 1.807) is 17.0 Å². The molecular weight excluding hydrogens is 393 g/mol. The monoisotopic (exact) mass is 412 g/mol. The molecule has 5 nitrogen and oxygen atoms in total. The van der Waals surface area contributed by atoms with E-state index in [4.69, 9.17) is 5.73 Å². The van der Waals surface area contributed by atoms with Crippen LogP contribution in [0.4, 0.5) is 30.4 Å². The number of halogens is 3. The van der Waals surface area contributed by atoms with Gasteiger partial charge in [-0.2, -0.15) is 13.2 Å². The van der Waals surface area contributed by atoms with Crippen molar-refractivity contribution in [2.45, 2.75) is 19.1 Å². The number of nitrogens with one attached hydrogen (secondary N) is 1. The minimum atomic E-state index is -4.36. The largest absolute Gasteiger partial charge is 0.416 e. The van der Waals surface area contributed by atoms with Crippen molar-refractivity contribution in [1.82, 2.24) is 9.88 Å². The van der Waals surface area contributed by atoms with Crippen LogP contribution in [0, 0.1) is 0 Å². The molecule has 1 aliphatic rings. The van der Waals surface area contributed by atoms with E-state index in [0.717, 1.165) is 28.9 Å². The van der Waals surface area contributed by atoms with Gasteiger partial charge in [-0.05, 0) is 60.0 Å². The highest BCUT2D eigenvalue weighted by Crippen LogP contribution is 2.32. The van der Waals surface area contributed by atoms with Gasteiger partial charge in [-0.1, -0.05) is 12.1 Å². The Hall–Kier alpha value is -3.55. The first-order chi connectivity index (χ1) is 14.3. The van der Waals surface area contributed by atoms with Crippen molar-refractivity contribution >= 4 is 23.1 Å². The SMILES string of the molecule is Nc1cc(C(=O)N2CCc3c(cccc3Nc3ccc(C(F)(F)F)cc3)C2)ccn1. The highest BCUT2D eigenvalue weighted by atomic mass is 19.4. The van der Waals surface area contributed by atoms with Crippen molar-refractivity contribution < 1.29 is 18.0 Å². The van der Waals surface area contributed by atoms with E-state index in [-0.39, 0.29) is 5.91 Å². The second-order valence-corrected chi connectivity index (χ2v) is 7.09. The molecule has 3 aromatic rings. The molecule has 2 aromatic carbocycles. The van der Waals surface area contributed by atoms with Crippen LogP contribution in [0.5, 0.6) is 0 Å². The van der Waals surface area contributed by atoms with Crippen molar-refractivity contribution in [3.8, 4) is 0 Å². The van der Waals surface area contributed by atoms with Crippen LogP contribution in [0.15, 0.2) is 60.8 Å². The quantitative estimate of drug-likeness (QED) is 0.658. The number of anilines is 3. The van der Waals surface area contributed by atoms with Gasteiger partial charge < -0.3 is 16.0 Å². The molecule has 8 heteroatoms. The molecule has 154 valence electrons. The van der Waals surface area contributed by atoms with E-state index in [9.17, 15) is 18.0 Å². The zero-order valence-corrected chi connectivity index (χ0v) is 15.9. The number of pyridine rings is 1. The van der Waals surface area contributed by atoms with Gasteiger partial charge >= 0.3 is 6.18 Å². The van der Waals surface area contributed by atoms with E-state index in [1.807, 2.05) is 18.2 Å². The fourth-order valence-corrected chi connectivity index (χ4v) is 3.56. The number of hydrogen-bond donors (Lipinski definition) is 2. The molecule has 30 heavy (non-hydrogen) atoms. The molecule has 3 N–H and O–H groups in total. The Morgan fingerprint density at radius 3 is 2.57 bits per heavy atom. The number of nitrogens with two attached hydrogens (primary N) is 1. The number of amides is 1. The Morgan fingerprint density at radius 1 is 1.10 bits per heavy atom. The minimum Gasteiger partial charge on any atom is -0.384 e. The summed E-state index contributed by atoms with van der Waals surface area (Å²) in [7, 11) is 0. The van der Waals surface area contributed by atoms with Crippen molar-refractivity contribution in [2.75, 3.05) is 17.6 Å². The van der Waals surface area contributed by atoms with E-state index >= 15 is 0 Å². The van der Waals surface area contributed by atoms with Gasteiger partial charge in [-0.3, -0.25) is 4.79 Å². The van der Waals surface area contributed by atoms with Gasteiger partial charge in [0.2, 0.25) is 0 Å². The lowest BCUT2D eigenvalue weighted by molar-refractivity contribution is -0.137. The highest BCUT2D eigenvalue weighted by molar-refractivity contribution is 5.95. The zero-order valence-electron chi connectivity index (χ0n) is 15.9. The number of nitrogens with zero attached hydrogens (tertiary/aromatic N) is 2. The Morgan fingerprint density at radius 2 is 1.87 bits per heavy atom. The average Bonchev–Trinajstić information content (AvgIpc) is 2.73. The molecule has 0 fully saturated rings. The van der Waals surface area contributed by atoms with Gasteiger partial charge in [0.25, 0.3) is 5.91 Å². The van der Waals surface area contributed by atoms with Gasteiger partial charge in [-0.25, -0.2) is 4.98 Å². The molecule has 1 amide bonds. The fourth-order valence-electron chi connectivity index (χ4n) is 3.56. The number of benzene rings is 2. The van der Waals surface area contributed by atoms with Crippen molar-refractivity contribution in [3.63, 3.8) is 0 Å². The van der Waals surface area contributed by atoms with E-state index < -0.39 is 11.7 Å². The van der Waals surface area contributed by atoms with Crippen molar-refractivity contribution in [1.29, 1.82) is 0 Å². The van der Waals surface area contributed by atoms with Crippen LogP contribution in [-0.4, -0.2) is 22.3 Å². The Labute approximate surface area is 171 Å². The number of alkyl halides is 3. The van der Waals surface area contributed by atoms with Crippen LogP contribution < -0.4 is 11.1 Å². The topological polar surface area (TPSA) is 71.2 Å². The summed E-state index contributed by atoms with van der Waals surface area (Å²) in [4.78, 5) is 18.4. The smallest absolute Gasteiger partial charge is 0.384 e. The number of hydrogen-bond acceptors (Lipinski definition) is 4. The first kappa shape index (κ1) is 19.8. The van der Waals surface area contributed by atoms with Gasteiger partial charge in [0.1, 0.15) is 5.82 Å². The molecule has 0 bridgehead atoms. The maximum atomic E-state index is 12.8. The van der Waals surface area contributed by atoms with Crippen LogP contribution in [-0.2, 0) is 19.1 Å². The summed E-state index contributed by atoms with van der Waals surface area (Å²) in [6, 6.07) is 13.8. The van der Waals surface area contributed by atoms with Crippen LogP contribution >= 0.6 is 0 Å². The first-order valence-corrected chi connectivity index (χ1v) is 9.37. The molecule has 4 rings (SSSR count). The molecule has 2 heterocycles. The number of carbonyl (C=O) groups excluding carboxylic acids is 1. The Kier molecular flexibility index (Phi) is 5.07.